The second-order valence-electron chi connectivity index (χ2n) is 10.6. The Hall–Kier alpha value is -3.62. The van der Waals surface area contributed by atoms with Gasteiger partial charge in [-0.2, -0.15) is 0 Å². The van der Waals surface area contributed by atoms with Crippen LogP contribution in [0, 0.1) is 5.92 Å². The van der Waals surface area contributed by atoms with Crippen LogP contribution in [0.4, 0.5) is 16.8 Å². The number of aliphatic imine (C=N–C) groups is 1. The third-order valence-corrected chi connectivity index (χ3v) is 8.62. The lowest BCUT2D eigenvalue weighted by Gasteiger charge is -2.21. The van der Waals surface area contributed by atoms with Crippen LogP contribution in [0.5, 0.6) is 0 Å². The van der Waals surface area contributed by atoms with E-state index in [1.165, 1.54) is 12.8 Å². The van der Waals surface area contributed by atoms with Crippen LogP contribution in [0.1, 0.15) is 61.7 Å². The number of fused-ring (bicyclic) bond motifs is 1. The Morgan fingerprint density at radius 2 is 1.69 bits per heavy atom. The predicted molar refractivity (Wildman–Crippen MR) is 158 cm³/mol. The van der Waals surface area contributed by atoms with Gasteiger partial charge in [0.25, 0.3) is 5.91 Å². The molecule has 4 aromatic rings. The summed E-state index contributed by atoms with van der Waals surface area (Å²) in [5.74, 6) is 1.78. The molecule has 0 unspecified atom stereocenters. The van der Waals surface area contributed by atoms with E-state index in [-0.39, 0.29) is 12.0 Å². The maximum absolute atomic E-state index is 12.6. The van der Waals surface area contributed by atoms with Crippen molar-refractivity contribution in [2.75, 3.05) is 5.32 Å². The molecule has 8 heteroatoms. The summed E-state index contributed by atoms with van der Waals surface area (Å²) >= 11 is 1.58. The molecule has 2 saturated carbocycles. The smallest absolute Gasteiger partial charge is 0.251 e. The zero-order valence-electron chi connectivity index (χ0n) is 21.8. The highest BCUT2D eigenvalue weighted by Crippen LogP contribution is 2.32. The molecule has 1 amide bonds. The molecule has 2 aromatic heterocycles. The average molecular weight is 540 g/mol. The Labute approximate surface area is 232 Å². The van der Waals surface area contributed by atoms with Gasteiger partial charge in [-0.3, -0.25) is 4.79 Å². The van der Waals surface area contributed by atoms with Crippen molar-refractivity contribution >= 4 is 50.4 Å². The fourth-order valence-electron chi connectivity index (χ4n) is 5.42. The van der Waals surface area contributed by atoms with Gasteiger partial charge in [0.1, 0.15) is 5.82 Å². The van der Waals surface area contributed by atoms with Gasteiger partial charge in [0, 0.05) is 17.8 Å². The van der Waals surface area contributed by atoms with Crippen LogP contribution in [-0.2, 0) is 0 Å². The normalized spacial score (nSPS) is 20.0. The van der Waals surface area contributed by atoms with E-state index in [2.05, 4.69) is 32.7 Å². The van der Waals surface area contributed by atoms with E-state index in [0.29, 0.717) is 29.2 Å². The molecule has 0 bridgehead atoms. The molecule has 0 saturated heterocycles. The maximum Gasteiger partial charge on any atom is 0.251 e. The highest BCUT2D eigenvalue weighted by Gasteiger charge is 2.19. The zero-order chi connectivity index (χ0) is 26.6. The van der Waals surface area contributed by atoms with Crippen molar-refractivity contribution in [2.24, 2.45) is 10.9 Å². The Bertz CT molecular complexity index is 1470. The van der Waals surface area contributed by atoms with Crippen molar-refractivity contribution in [3.05, 3.63) is 66.2 Å². The number of nitrogens with zero attached hydrogens (tertiary/aromatic N) is 3. The largest absolute Gasteiger partial charge is 0.393 e. The summed E-state index contributed by atoms with van der Waals surface area (Å²) in [5, 5.41) is 17.0. The van der Waals surface area contributed by atoms with Gasteiger partial charge in [-0.15, -0.1) is 0 Å². The van der Waals surface area contributed by atoms with E-state index < -0.39 is 0 Å². The van der Waals surface area contributed by atoms with E-state index in [9.17, 15) is 9.90 Å². The van der Waals surface area contributed by atoms with Crippen LogP contribution < -0.4 is 10.6 Å². The zero-order valence-corrected chi connectivity index (χ0v) is 22.7. The van der Waals surface area contributed by atoms with Gasteiger partial charge in [-0.05, 0) is 92.0 Å². The summed E-state index contributed by atoms with van der Waals surface area (Å²) in [4.78, 5) is 26.5. The van der Waals surface area contributed by atoms with E-state index in [0.717, 1.165) is 65.0 Å². The van der Waals surface area contributed by atoms with Gasteiger partial charge in [0.05, 0.1) is 16.3 Å². The number of hydrogen-bond acceptors (Lipinski definition) is 7. The molecule has 39 heavy (non-hydrogen) atoms. The van der Waals surface area contributed by atoms with Crippen molar-refractivity contribution in [2.45, 2.75) is 63.5 Å². The first kappa shape index (κ1) is 25.6. The lowest BCUT2D eigenvalue weighted by atomic mass is 9.88. The van der Waals surface area contributed by atoms with Crippen LogP contribution in [0.3, 0.4) is 0 Å². The standard InChI is InChI=1S/C31H33N5O2S/c37-25-15-8-20(9-16-25)19-32-28-6-3-7-29(35-28)36-31-34-26-17-14-23(18-27(26)39-31)21-10-12-22(13-11-21)30(38)33-24-4-1-2-5-24/h3,6-7,10-14,17-20,24-25,37H,1-2,4-5,8-9,15-16H2,(H,33,38)(H,34,35,36). The molecule has 7 nitrogen and oxygen atoms in total. The van der Waals surface area contributed by atoms with Crippen LogP contribution in [0.25, 0.3) is 21.3 Å². The fourth-order valence-corrected chi connectivity index (χ4v) is 6.33. The molecular weight excluding hydrogens is 506 g/mol. The van der Waals surface area contributed by atoms with Crippen LogP contribution in [0.15, 0.2) is 65.7 Å². The monoisotopic (exact) mass is 539 g/mol. The average Bonchev–Trinajstić information content (AvgIpc) is 3.62. The summed E-state index contributed by atoms with van der Waals surface area (Å²) in [6.45, 7) is 0. The van der Waals surface area contributed by atoms with Crippen molar-refractivity contribution < 1.29 is 9.90 Å². The molecule has 2 aromatic carbocycles. The number of amides is 1. The van der Waals surface area contributed by atoms with Gasteiger partial charge < -0.3 is 15.7 Å². The predicted octanol–water partition coefficient (Wildman–Crippen LogP) is 7.03. The molecule has 2 aliphatic rings. The SMILES string of the molecule is O=C(NC1CCCC1)c1ccc(-c2ccc3nc(Nc4cccc(N=CC5CCC(O)CC5)n4)sc3c2)cc1. The molecule has 6 rings (SSSR count). The number of carbonyl (C=O) groups excluding carboxylic acids is 1. The minimum atomic E-state index is -0.162. The Morgan fingerprint density at radius 3 is 2.49 bits per heavy atom. The number of anilines is 2. The second-order valence-corrected chi connectivity index (χ2v) is 11.6. The summed E-state index contributed by atoms with van der Waals surface area (Å²) in [6, 6.07) is 20.1. The number of aliphatic hydroxyl groups is 1. The van der Waals surface area contributed by atoms with Crippen molar-refractivity contribution in [3.63, 3.8) is 0 Å². The minimum Gasteiger partial charge on any atom is -0.393 e. The quantitative estimate of drug-likeness (QED) is 0.219. The number of nitrogens with one attached hydrogen (secondary N) is 2. The summed E-state index contributed by atoms with van der Waals surface area (Å²) in [6.07, 6.45) is 10.00. The molecule has 0 spiro atoms. The van der Waals surface area contributed by atoms with E-state index in [1.54, 1.807) is 11.3 Å². The van der Waals surface area contributed by atoms with Gasteiger partial charge >= 0.3 is 0 Å². The molecule has 3 N–H and O–H groups in total. The topological polar surface area (TPSA) is 99.5 Å². The van der Waals surface area contributed by atoms with Crippen molar-refractivity contribution in [1.29, 1.82) is 0 Å². The third-order valence-electron chi connectivity index (χ3n) is 7.69. The molecule has 2 aliphatic carbocycles. The summed E-state index contributed by atoms with van der Waals surface area (Å²) in [7, 11) is 0. The second kappa shape index (κ2) is 11.6. The van der Waals surface area contributed by atoms with Gasteiger partial charge in [-0.1, -0.05) is 48.4 Å². The molecule has 200 valence electrons. The van der Waals surface area contributed by atoms with Crippen molar-refractivity contribution in [1.82, 2.24) is 15.3 Å². The summed E-state index contributed by atoms with van der Waals surface area (Å²) < 4.78 is 1.08. The molecular formula is C31H33N5O2S. The first-order chi connectivity index (χ1) is 19.1. The van der Waals surface area contributed by atoms with Crippen LogP contribution >= 0.6 is 11.3 Å². The number of aliphatic hydroxyl groups excluding tert-OH is 1. The first-order valence-electron chi connectivity index (χ1n) is 13.9. The van der Waals surface area contributed by atoms with E-state index in [1.807, 2.05) is 54.7 Å². The fraction of sp³-hybridized carbons (Fsp3) is 0.355. The lowest BCUT2D eigenvalue weighted by molar-refractivity contribution is 0.0938. The minimum absolute atomic E-state index is 0.0132. The number of hydrogen-bond donors (Lipinski definition) is 3. The maximum atomic E-state index is 12.6. The number of aromatic nitrogens is 2. The summed E-state index contributed by atoms with van der Waals surface area (Å²) in [5.41, 5.74) is 3.78. The van der Waals surface area contributed by atoms with Gasteiger partial charge in [-0.25, -0.2) is 15.0 Å². The third kappa shape index (κ3) is 6.34. The highest BCUT2D eigenvalue weighted by molar-refractivity contribution is 7.22. The van der Waals surface area contributed by atoms with E-state index in [4.69, 9.17) is 4.98 Å². The highest BCUT2D eigenvalue weighted by atomic mass is 32.1. The first-order valence-corrected chi connectivity index (χ1v) is 14.7. The molecule has 0 aliphatic heterocycles. The molecule has 2 fully saturated rings. The molecule has 0 atom stereocenters. The lowest BCUT2D eigenvalue weighted by Crippen LogP contribution is -2.32. The number of rotatable bonds is 7. The van der Waals surface area contributed by atoms with Crippen molar-refractivity contribution in [3.8, 4) is 11.1 Å². The van der Waals surface area contributed by atoms with E-state index >= 15 is 0 Å². The number of thiazole rings is 1. The Balaban J connectivity index is 1.12. The van der Waals surface area contributed by atoms with Gasteiger partial charge in [0.15, 0.2) is 10.9 Å². The number of pyridine rings is 1. The number of carbonyl (C=O) groups is 1. The van der Waals surface area contributed by atoms with Crippen LogP contribution in [-0.4, -0.2) is 39.3 Å². The van der Waals surface area contributed by atoms with Crippen LogP contribution in [0.2, 0.25) is 0 Å². The molecule has 2 heterocycles. The Kier molecular flexibility index (Phi) is 7.65. The van der Waals surface area contributed by atoms with Gasteiger partial charge in [0.2, 0.25) is 0 Å². The number of benzene rings is 2. The Morgan fingerprint density at radius 1 is 0.923 bits per heavy atom. The molecule has 0 radical (unpaired) electrons.